The van der Waals surface area contributed by atoms with E-state index >= 15 is 4.39 Å². The van der Waals surface area contributed by atoms with E-state index in [0.717, 1.165) is 41.6 Å². The summed E-state index contributed by atoms with van der Waals surface area (Å²) in [5.74, 6) is 0.384. The summed E-state index contributed by atoms with van der Waals surface area (Å²) in [5, 5.41) is 2.19. The normalized spacial score (nSPS) is 19.9. The molecule has 0 N–H and O–H groups in total. The first-order valence-corrected chi connectivity index (χ1v) is 24.8. The Kier molecular flexibility index (Phi) is 12.7. The van der Waals surface area contributed by atoms with Crippen LogP contribution in [0.25, 0.3) is 32.9 Å². The van der Waals surface area contributed by atoms with Crippen LogP contribution in [0.2, 0.25) is 25.7 Å². The number of pyridine rings is 1. The van der Waals surface area contributed by atoms with Crippen molar-refractivity contribution in [2.75, 3.05) is 71.8 Å². The number of piperazine rings is 2. The molecule has 2 aromatic carbocycles. The lowest BCUT2D eigenvalue weighted by Crippen LogP contribution is -2.57. The van der Waals surface area contributed by atoms with Gasteiger partial charge in [-0.25, -0.2) is 14.0 Å². The largest absolute Gasteiger partial charge is 0.468 e. The number of methoxy groups -OCH3 is 1. The Hall–Kier alpha value is -4.80. The Morgan fingerprint density at radius 2 is 1.73 bits per heavy atom. The van der Waals surface area contributed by atoms with Gasteiger partial charge >= 0.3 is 18.2 Å². The molecule has 16 heteroatoms. The lowest BCUT2D eigenvalue weighted by Gasteiger charge is -2.42. The minimum absolute atomic E-state index is 0.00925. The second kappa shape index (κ2) is 17.7. The van der Waals surface area contributed by atoms with Crippen molar-refractivity contribution in [2.24, 2.45) is 0 Å². The molecule has 60 heavy (non-hydrogen) atoms. The number of carbonyl (C=O) groups excluding carboxylic acids is 2. The van der Waals surface area contributed by atoms with E-state index in [1.54, 1.807) is 24.3 Å². The number of benzene rings is 2. The molecular weight excluding hydrogens is 786 g/mol. The number of likely N-dealkylation sites (N-methyl/N-ethyl adjacent to an activating group) is 1. The van der Waals surface area contributed by atoms with Crippen LogP contribution in [0.3, 0.4) is 0 Å². The quantitative estimate of drug-likeness (QED) is 0.103. The first kappa shape index (κ1) is 43.3. The summed E-state index contributed by atoms with van der Waals surface area (Å²) < 4.78 is 46.4. The molecule has 2 bridgehead atoms. The van der Waals surface area contributed by atoms with Crippen LogP contribution in [0, 0.1) is 5.82 Å². The molecule has 2 aromatic heterocycles. The first-order valence-electron chi connectivity index (χ1n) is 21.1. The SMILES string of the molecule is CCc1cccc2cc(OCOC)cc(-c3ncc4c(N5CC6CCC(C5)N6C(=O)OC(C)(C)C)nc(OC[C@H]5CN(C(=O)OCC[Si](C)(C)C)CCN5C)nc4c3F)c12. The molecule has 0 radical (unpaired) electrons. The van der Waals surface area contributed by atoms with Crippen molar-refractivity contribution < 1.29 is 37.7 Å². The predicted octanol–water partition coefficient (Wildman–Crippen LogP) is 7.59. The highest BCUT2D eigenvalue weighted by Crippen LogP contribution is 2.40. The van der Waals surface area contributed by atoms with Crippen molar-refractivity contribution in [1.82, 2.24) is 29.7 Å². The van der Waals surface area contributed by atoms with Crippen LogP contribution in [0.4, 0.5) is 19.8 Å². The number of nitrogens with zero attached hydrogens (tertiary/aromatic N) is 7. The summed E-state index contributed by atoms with van der Waals surface area (Å²) in [5.41, 5.74) is 1.18. The molecule has 3 saturated heterocycles. The number of rotatable bonds is 12. The van der Waals surface area contributed by atoms with Gasteiger partial charge < -0.3 is 33.5 Å². The predicted molar refractivity (Wildman–Crippen MR) is 232 cm³/mol. The fourth-order valence-electron chi connectivity index (χ4n) is 8.37. The van der Waals surface area contributed by atoms with Gasteiger partial charge in [0.25, 0.3) is 0 Å². The third-order valence-corrected chi connectivity index (χ3v) is 13.3. The van der Waals surface area contributed by atoms with Crippen LogP contribution in [0.5, 0.6) is 11.8 Å². The molecule has 0 aliphatic carbocycles. The highest BCUT2D eigenvalue weighted by Gasteiger charge is 2.45. The average molecular weight is 846 g/mol. The van der Waals surface area contributed by atoms with Crippen molar-refractivity contribution >= 4 is 47.8 Å². The monoisotopic (exact) mass is 845 g/mol. The van der Waals surface area contributed by atoms with E-state index < -0.39 is 19.5 Å². The number of carbonyl (C=O) groups is 2. The molecule has 7 rings (SSSR count). The maximum absolute atomic E-state index is 17.5. The summed E-state index contributed by atoms with van der Waals surface area (Å²) >= 11 is 0. The molecule has 3 aliphatic rings. The molecule has 14 nitrogen and oxygen atoms in total. The van der Waals surface area contributed by atoms with Gasteiger partial charge in [-0.15, -0.1) is 0 Å². The van der Waals surface area contributed by atoms with Gasteiger partial charge in [0.1, 0.15) is 35.0 Å². The summed E-state index contributed by atoms with van der Waals surface area (Å²) in [7, 11) is 2.18. The molecule has 2 unspecified atom stereocenters. The van der Waals surface area contributed by atoms with Gasteiger partial charge in [0.05, 0.1) is 30.1 Å². The van der Waals surface area contributed by atoms with Gasteiger partial charge in [0.15, 0.2) is 12.6 Å². The molecule has 3 atom stereocenters. The second-order valence-corrected chi connectivity index (χ2v) is 24.0. The summed E-state index contributed by atoms with van der Waals surface area (Å²) in [6.45, 7) is 17.5. The van der Waals surface area contributed by atoms with Crippen LogP contribution in [0.1, 0.15) is 46.1 Å². The summed E-state index contributed by atoms with van der Waals surface area (Å²) in [4.78, 5) is 48.7. The maximum Gasteiger partial charge on any atom is 0.410 e. The minimum Gasteiger partial charge on any atom is -0.468 e. The van der Waals surface area contributed by atoms with E-state index in [0.29, 0.717) is 61.8 Å². The molecule has 0 spiro atoms. The zero-order valence-corrected chi connectivity index (χ0v) is 37.5. The highest BCUT2D eigenvalue weighted by atomic mass is 28.3. The number of amides is 2. The molecule has 3 aliphatic heterocycles. The fraction of sp³-hybridized carbons (Fsp3) is 0.568. The lowest BCUT2D eigenvalue weighted by molar-refractivity contribution is 0.0122. The second-order valence-electron chi connectivity index (χ2n) is 18.4. The van der Waals surface area contributed by atoms with Crippen LogP contribution < -0.4 is 14.4 Å². The van der Waals surface area contributed by atoms with Crippen molar-refractivity contribution in [2.45, 2.75) is 96.4 Å². The molecule has 324 valence electrons. The topological polar surface area (TPSA) is 132 Å². The number of aryl methyl sites for hydroxylation is 1. The molecule has 2 amide bonds. The molecular formula is C44H60FN7O7Si. The van der Waals surface area contributed by atoms with Gasteiger partial charge in [-0.2, -0.15) is 9.97 Å². The van der Waals surface area contributed by atoms with Gasteiger partial charge in [-0.05, 0) is 81.6 Å². The van der Waals surface area contributed by atoms with Gasteiger partial charge in [0.2, 0.25) is 0 Å². The first-order chi connectivity index (χ1) is 28.5. The Balaban J connectivity index is 1.25. The van der Waals surface area contributed by atoms with Crippen molar-refractivity contribution in [3.8, 4) is 23.0 Å². The maximum atomic E-state index is 17.5. The third kappa shape index (κ3) is 9.55. The Morgan fingerprint density at radius 1 is 0.983 bits per heavy atom. The zero-order valence-electron chi connectivity index (χ0n) is 36.5. The zero-order chi connectivity index (χ0) is 42.9. The number of hydrogen-bond acceptors (Lipinski definition) is 12. The Morgan fingerprint density at radius 3 is 2.42 bits per heavy atom. The van der Waals surface area contributed by atoms with Gasteiger partial charge in [0, 0.05) is 59.7 Å². The lowest BCUT2D eigenvalue weighted by atomic mass is 9.95. The van der Waals surface area contributed by atoms with Crippen LogP contribution in [0.15, 0.2) is 36.5 Å². The number of hydrogen-bond donors (Lipinski definition) is 0. The summed E-state index contributed by atoms with van der Waals surface area (Å²) in [6.07, 6.45) is 3.32. The van der Waals surface area contributed by atoms with Crippen LogP contribution >= 0.6 is 0 Å². The Bertz CT molecular complexity index is 2200. The number of halogens is 1. The van der Waals surface area contributed by atoms with Gasteiger partial charge in [-0.3, -0.25) is 14.8 Å². The average Bonchev–Trinajstić information content (AvgIpc) is 3.47. The van der Waals surface area contributed by atoms with E-state index in [4.69, 9.17) is 38.6 Å². The smallest absolute Gasteiger partial charge is 0.410 e. The highest BCUT2D eigenvalue weighted by molar-refractivity contribution is 6.76. The number of anilines is 1. The molecule has 5 heterocycles. The number of aromatic nitrogens is 3. The summed E-state index contributed by atoms with van der Waals surface area (Å²) in [6, 6.07) is 10.2. The number of fused-ring (bicyclic) bond motifs is 4. The third-order valence-electron chi connectivity index (χ3n) is 11.6. The molecule has 0 saturated carbocycles. The van der Waals surface area contributed by atoms with E-state index in [9.17, 15) is 9.59 Å². The number of ether oxygens (including phenoxy) is 5. The molecule has 3 fully saturated rings. The van der Waals surface area contributed by atoms with E-state index in [1.807, 2.05) is 57.0 Å². The van der Waals surface area contributed by atoms with E-state index in [2.05, 4.69) is 36.4 Å². The van der Waals surface area contributed by atoms with Crippen molar-refractivity contribution in [3.05, 3.63) is 47.9 Å². The van der Waals surface area contributed by atoms with Crippen LogP contribution in [-0.4, -0.2) is 141 Å². The minimum atomic E-state index is -1.36. The van der Waals surface area contributed by atoms with E-state index in [-0.39, 0.29) is 60.9 Å². The van der Waals surface area contributed by atoms with E-state index in [1.165, 1.54) is 0 Å². The Labute approximate surface area is 353 Å². The van der Waals surface area contributed by atoms with Crippen molar-refractivity contribution in [3.63, 3.8) is 0 Å². The van der Waals surface area contributed by atoms with Crippen LogP contribution in [-0.2, 0) is 20.6 Å². The van der Waals surface area contributed by atoms with Gasteiger partial charge in [-0.1, -0.05) is 44.8 Å². The molecule has 4 aromatic rings. The standard InChI is InChI=1S/C44H60FN7O7Si/c1-10-28-12-11-13-29-20-33(58-27-55-6)21-34(36(28)29)38-37(45)39-35(22-46-38)40(51-23-30-14-15-31(24-51)52(30)43(54)59-44(2,3)4)48-41(47-39)57-26-32-25-50(17-16-49(32)5)42(53)56-18-19-60(7,8)9/h11-13,20-22,30-32H,10,14-19,23-27H2,1-9H3/t30?,31?,32-/m1/s1. The van der Waals surface area contributed by atoms with Crippen molar-refractivity contribution in [1.29, 1.82) is 0 Å². The fourth-order valence-corrected chi connectivity index (χ4v) is 9.09.